The van der Waals surface area contributed by atoms with E-state index in [4.69, 9.17) is 4.74 Å². The van der Waals surface area contributed by atoms with Crippen molar-refractivity contribution >= 4 is 17.8 Å². The van der Waals surface area contributed by atoms with E-state index in [-0.39, 0.29) is 18.4 Å². The quantitative estimate of drug-likeness (QED) is 0.527. The first-order chi connectivity index (χ1) is 13.1. The molecule has 0 aliphatic rings. The number of aliphatic hydroxyl groups is 1. The third-order valence-electron chi connectivity index (χ3n) is 4.18. The lowest BCUT2D eigenvalue weighted by atomic mass is 10.0. The summed E-state index contributed by atoms with van der Waals surface area (Å²) in [6.45, 7) is 8.92. The lowest BCUT2D eigenvalue weighted by Crippen LogP contribution is -2.53. The Balaban J connectivity index is 2.64. The summed E-state index contributed by atoms with van der Waals surface area (Å²) in [4.78, 5) is 36.9. The van der Waals surface area contributed by atoms with Crippen LogP contribution in [0.15, 0.2) is 30.3 Å². The van der Waals surface area contributed by atoms with Crippen molar-refractivity contribution in [1.82, 2.24) is 10.6 Å². The van der Waals surface area contributed by atoms with Gasteiger partial charge in [0.05, 0.1) is 0 Å². The third kappa shape index (κ3) is 8.08. The summed E-state index contributed by atoms with van der Waals surface area (Å²) in [5.41, 5.74) is 0.849. The lowest BCUT2D eigenvalue weighted by molar-refractivity contribution is -0.149. The Morgan fingerprint density at radius 3 is 2.11 bits per heavy atom. The molecule has 7 nitrogen and oxygen atoms in total. The van der Waals surface area contributed by atoms with Crippen LogP contribution in [0.3, 0.4) is 0 Å². The Labute approximate surface area is 166 Å². The van der Waals surface area contributed by atoms with E-state index in [1.807, 2.05) is 44.2 Å². The fraction of sp³-hybridized carbons (Fsp3) is 0.571. The number of rotatable bonds is 10. The molecule has 0 unspecified atom stereocenters. The molecule has 0 heterocycles. The molecule has 0 bridgehead atoms. The van der Waals surface area contributed by atoms with E-state index >= 15 is 0 Å². The van der Waals surface area contributed by atoms with Crippen LogP contribution in [-0.4, -0.2) is 41.1 Å². The second-order valence-corrected chi connectivity index (χ2v) is 7.70. The Hall–Kier alpha value is -2.41. The first-order valence-corrected chi connectivity index (χ1v) is 9.61. The first-order valence-electron chi connectivity index (χ1n) is 9.61. The maximum Gasteiger partial charge on any atom is 0.328 e. The van der Waals surface area contributed by atoms with Crippen LogP contribution in [0.1, 0.15) is 46.6 Å². The number of nitrogens with one attached hydrogen (secondary N) is 2. The van der Waals surface area contributed by atoms with Gasteiger partial charge in [-0.15, -0.1) is 0 Å². The van der Waals surface area contributed by atoms with E-state index in [1.165, 1.54) is 6.92 Å². The van der Waals surface area contributed by atoms with Gasteiger partial charge < -0.3 is 20.5 Å². The predicted octanol–water partition coefficient (Wildman–Crippen LogP) is 1.78. The molecule has 0 fully saturated rings. The highest BCUT2D eigenvalue weighted by Gasteiger charge is 2.28. The van der Waals surface area contributed by atoms with Crippen LogP contribution >= 0.6 is 0 Å². The van der Waals surface area contributed by atoms with Gasteiger partial charge in [-0.2, -0.15) is 0 Å². The fourth-order valence-electron chi connectivity index (χ4n) is 2.49. The van der Waals surface area contributed by atoms with Crippen LogP contribution in [-0.2, 0) is 25.7 Å². The summed E-state index contributed by atoms with van der Waals surface area (Å²) in [5, 5.41) is 15.1. The standard InChI is InChI=1S/C21H32N2O5/c1-13(2)11-17(23-20(26)18(24)14(3)4)19(25)22-15(5)21(27)28-12-16-9-7-6-8-10-16/h6-10,13-15,17-18,24H,11-12H2,1-5H3,(H,22,25)(H,23,26)/t15-,17-,18-/m0/s1. The van der Waals surface area contributed by atoms with Gasteiger partial charge in [0.15, 0.2) is 0 Å². The second-order valence-electron chi connectivity index (χ2n) is 7.70. The molecule has 0 aromatic heterocycles. The monoisotopic (exact) mass is 392 g/mol. The van der Waals surface area contributed by atoms with Gasteiger partial charge in [0.25, 0.3) is 0 Å². The molecule has 0 radical (unpaired) electrons. The van der Waals surface area contributed by atoms with Crippen LogP contribution in [0.25, 0.3) is 0 Å². The number of aliphatic hydroxyl groups excluding tert-OH is 1. The van der Waals surface area contributed by atoms with E-state index in [0.717, 1.165) is 5.56 Å². The molecule has 1 aromatic rings. The summed E-state index contributed by atoms with van der Waals surface area (Å²) in [6.07, 6.45) is -0.815. The van der Waals surface area contributed by atoms with Gasteiger partial charge in [-0.05, 0) is 30.7 Å². The maximum atomic E-state index is 12.6. The van der Waals surface area contributed by atoms with Gasteiger partial charge in [0.1, 0.15) is 24.8 Å². The van der Waals surface area contributed by atoms with Crippen LogP contribution in [0.5, 0.6) is 0 Å². The van der Waals surface area contributed by atoms with Crippen LogP contribution in [0.4, 0.5) is 0 Å². The largest absolute Gasteiger partial charge is 0.459 e. The molecular weight excluding hydrogens is 360 g/mol. The van der Waals surface area contributed by atoms with Crippen LogP contribution in [0, 0.1) is 11.8 Å². The average Bonchev–Trinajstić information content (AvgIpc) is 2.64. The maximum absolute atomic E-state index is 12.6. The smallest absolute Gasteiger partial charge is 0.328 e. The predicted molar refractivity (Wildman–Crippen MR) is 106 cm³/mol. The number of amides is 2. The summed E-state index contributed by atoms with van der Waals surface area (Å²) in [5.74, 6) is -1.78. The van der Waals surface area contributed by atoms with Gasteiger partial charge in [0.2, 0.25) is 11.8 Å². The van der Waals surface area contributed by atoms with Crippen molar-refractivity contribution in [3.05, 3.63) is 35.9 Å². The second kappa shape index (κ2) is 11.4. The molecule has 3 N–H and O–H groups in total. The zero-order valence-electron chi connectivity index (χ0n) is 17.3. The molecule has 156 valence electrons. The molecule has 0 saturated carbocycles. The minimum Gasteiger partial charge on any atom is -0.459 e. The number of esters is 1. The summed E-state index contributed by atoms with van der Waals surface area (Å²) in [7, 11) is 0. The van der Waals surface area contributed by atoms with Crippen molar-refractivity contribution in [3.63, 3.8) is 0 Å². The molecule has 0 aliphatic carbocycles. The fourth-order valence-corrected chi connectivity index (χ4v) is 2.49. The van der Waals surface area contributed by atoms with E-state index in [1.54, 1.807) is 13.8 Å². The molecule has 0 spiro atoms. The van der Waals surface area contributed by atoms with Crippen molar-refractivity contribution in [1.29, 1.82) is 0 Å². The number of hydrogen-bond donors (Lipinski definition) is 3. The SMILES string of the molecule is CC(C)C[C@H](NC(=O)[C@@H](O)C(C)C)C(=O)N[C@@H](C)C(=O)OCc1ccccc1. The summed E-state index contributed by atoms with van der Waals surface area (Å²) >= 11 is 0. The van der Waals surface area contributed by atoms with Crippen molar-refractivity contribution in [2.24, 2.45) is 11.8 Å². The molecule has 0 saturated heterocycles. The van der Waals surface area contributed by atoms with Crippen molar-refractivity contribution in [2.45, 2.75) is 65.8 Å². The Bertz CT molecular complexity index is 645. The van der Waals surface area contributed by atoms with Gasteiger partial charge in [-0.3, -0.25) is 9.59 Å². The molecule has 1 rings (SSSR count). The lowest BCUT2D eigenvalue weighted by Gasteiger charge is -2.24. The molecule has 3 atom stereocenters. The number of benzene rings is 1. The normalized spacial score (nSPS) is 14.3. The highest BCUT2D eigenvalue weighted by molar-refractivity contribution is 5.91. The number of hydrogen-bond acceptors (Lipinski definition) is 5. The van der Waals surface area contributed by atoms with Gasteiger partial charge in [-0.25, -0.2) is 4.79 Å². The molecule has 2 amide bonds. The van der Waals surface area contributed by atoms with Crippen molar-refractivity contribution in [2.75, 3.05) is 0 Å². The van der Waals surface area contributed by atoms with Gasteiger partial charge >= 0.3 is 5.97 Å². The Morgan fingerprint density at radius 2 is 1.57 bits per heavy atom. The highest BCUT2D eigenvalue weighted by Crippen LogP contribution is 2.08. The van der Waals surface area contributed by atoms with Gasteiger partial charge in [-0.1, -0.05) is 58.0 Å². The number of carbonyl (C=O) groups excluding carboxylic acids is 3. The number of carbonyl (C=O) groups is 3. The van der Waals surface area contributed by atoms with E-state index < -0.39 is 36.0 Å². The average molecular weight is 392 g/mol. The molecule has 7 heteroatoms. The molecular formula is C21H32N2O5. The molecule has 1 aromatic carbocycles. The first kappa shape index (κ1) is 23.6. The van der Waals surface area contributed by atoms with Crippen LogP contribution in [0.2, 0.25) is 0 Å². The Morgan fingerprint density at radius 1 is 0.964 bits per heavy atom. The van der Waals surface area contributed by atoms with E-state index in [0.29, 0.717) is 6.42 Å². The summed E-state index contributed by atoms with van der Waals surface area (Å²) in [6, 6.07) is 7.53. The summed E-state index contributed by atoms with van der Waals surface area (Å²) < 4.78 is 5.22. The van der Waals surface area contributed by atoms with Crippen molar-refractivity contribution < 1.29 is 24.2 Å². The van der Waals surface area contributed by atoms with Crippen LogP contribution < -0.4 is 10.6 Å². The van der Waals surface area contributed by atoms with Crippen molar-refractivity contribution in [3.8, 4) is 0 Å². The topological polar surface area (TPSA) is 105 Å². The minimum absolute atomic E-state index is 0.118. The van der Waals surface area contributed by atoms with E-state index in [9.17, 15) is 19.5 Å². The Kier molecular flexibility index (Phi) is 9.65. The van der Waals surface area contributed by atoms with E-state index in [2.05, 4.69) is 10.6 Å². The zero-order chi connectivity index (χ0) is 21.3. The van der Waals surface area contributed by atoms with Gasteiger partial charge in [0, 0.05) is 0 Å². The minimum atomic E-state index is -1.20. The molecule has 28 heavy (non-hydrogen) atoms. The highest BCUT2D eigenvalue weighted by atomic mass is 16.5. The number of ether oxygens (including phenoxy) is 1. The zero-order valence-corrected chi connectivity index (χ0v) is 17.3. The third-order valence-corrected chi connectivity index (χ3v) is 4.18. The molecule has 0 aliphatic heterocycles.